The first kappa shape index (κ1) is 86.9. The summed E-state index contributed by atoms with van der Waals surface area (Å²) in [4.78, 5) is 101. The fourth-order valence-corrected chi connectivity index (χ4v) is 12.2. The van der Waals surface area contributed by atoms with Gasteiger partial charge in [-0.25, -0.2) is 14.4 Å². The SMILES string of the molecule is C1CCOC1.CCCC(O)c1cccc(Oc2nc3c(c(=O)n(C)c(=O)n3C)n2Cc2cccc(Br)c2)c1.ClCCl.Cn1c(=O)c2c(nc(Oc3cccc(C=O)c3)n2Cc2cccc(Br)c2)n(C)c1=O.Cn1c(=O)c2c(nc(Oc3cccc(CO)c3)n2Cc2cccc(Br)c2)n(C)c1=O.[Br-].[CH2-]CC.[Mg+2]. The summed E-state index contributed by atoms with van der Waals surface area (Å²) in [6, 6.07) is 44.3. The monoisotopic (exact) mass is 1750 g/mol. The number of aliphatic hydroxyl groups is 2. The van der Waals surface area contributed by atoms with E-state index in [1.165, 1.54) is 47.7 Å². The molecule has 7 heterocycles. The quantitative estimate of drug-likeness (QED) is 0.0372. The van der Waals surface area contributed by atoms with Gasteiger partial charge in [0.15, 0.2) is 33.5 Å². The first-order chi connectivity index (χ1) is 49.9. The molecule has 32 heteroatoms. The number of aliphatic hydroxyl groups excluding tert-OH is 2. The second kappa shape index (κ2) is 41.4. The zero-order valence-corrected chi connectivity index (χ0v) is 68.7. The van der Waals surface area contributed by atoms with Crippen LogP contribution in [0.3, 0.4) is 0 Å². The van der Waals surface area contributed by atoms with Crippen LogP contribution < -0.4 is 64.9 Å². The van der Waals surface area contributed by atoms with Crippen LogP contribution in [0.4, 0.5) is 0 Å². The molecule has 1 fully saturated rings. The maximum absolute atomic E-state index is 13.1. The van der Waals surface area contributed by atoms with Crippen LogP contribution in [-0.2, 0) is 73.3 Å². The Hall–Kier alpha value is -8.01. The predicted molar refractivity (Wildman–Crippen MR) is 419 cm³/mol. The third kappa shape index (κ3) is 21.7. The Labute approximate surface area is 671 Å². The van der Waals surface area contributed by atoms with Crippen LogP contribution in [0.15, 0.2) is 188 Å². The van der Waals surface area contributed by atoms with Crippen molar-refractivity contribution in [2.24, 2.45) is 42.3 Å². The van der Waals surface area contributed by atoms with Gasteiger partial charge in [-0.2, -0.15) is 21.4 Å². The van der Waals surface area contributed by atoms with Crippen LogP contribution in [0.2, 0.25) is 0 Å². The van der Waals surface area contributed by atoms with E-state index >= 15 is 0 Å². The van der Waals surface area contributed by atoms with Crippen LogP contribution in [0.1, 0.15) is 90.2 Å². The van der Waals surface area contributed by atoms with Crippen molar-refractivity contribution < 1.29 is 50.9 Å². The molecule has 6 aromatic heterocycles. The Morgan fingerprint density at radius 1 is 0.519 bits per heavy atom. The smallest absolute Gasteiger partial charge is 1.00 e. The van der Waals surface area contributed by atoms with Gasteiger partial charge in [0.25, 0.3) is 16.7 Å². The number of nitrogens with zero attached hydrogens (tertiary/aromatic N) is 12. The first-order valence-corrected chi connectivity index (χ1v) is 36.1. The number of hydrogen-bond donors (Lipinski definition) is 2. The van der Waals surface area contributed by atoms with E-state index in [1.807, 2.05) is 92.7 Å². The number of rotatable bonds is 17. The van der Waals surface area contributed by atoms with E-state index in [2.05, 4.69) is 69.7 Å². The molecule has 6 aromatic carbocycles. The molecule has 0 radical (unpaired) electrons. The minimum atomic E-state index is -0.591. The second-order valence-corrected chi connectivity index (χ2v) is 27.1. The molecule has 0 bridgehead atoms. The van der Waals surface area contributed by atoms with Gasteiger partial charge in [-0.05, 0) is 120 Å². The van der Waals surface area contributed by atoms with E-state index in [0.29, 0.717) is 54.4 Å². The minimum Gasteiger partial charge on any atom is -1.00 e. The number of ether oxygens (including phenoxy) is 4. The number of alkyl halides is 2. The molecule has 1 atom stereocenters. The number of aldehydes is 1. The van der Waals surface area contributed by atoms with Crippen molar-refractivity contribution in [3.8, 4) is 35.3 Å². The van der Waals surface area contributed by atoms with Crippen LogP contribution >= 0.6 is 71.0 Å². The van der Waals surface area contributed by atoms with Crippen LogP contribution in [-0.4, -0.2) is 114 Å². The molecule has 0 aliphatic carbocycles. The van der Waals surface area contributed by atoms with E-state index in [9.17, 15) is 43.8 Å². The summed E-state index contributed by atoms with van der Waals surface area (Å²) in [6.45, 7) is 10.3. The van der Waals surface area contributed by atoms with Gasteiger partial charge in [-0.1, -0.05) is 141 Å². The average Bonchev–Trinajstić information content (AvgIpc) is 1.60. The van der Waals surface area contributed by atoms with E-state index in [1.54, 1.807) is 102 Å². The summed E-state index contributed by atoms with van der Waals surface area (Å²) in [6.07, 6.45) is 5.18. The zero-order valence-electron chi connectivity index (χ0n) is 59.4. The molecular weight excluding hydrogens is 1680 g/mol. The molecule has 0 spiro atoms. The van der Waals surface area contributed by atoms with Crippen LogP contribution in [0, 0.1) is 6.92 Å². The summed E-state index contributed by atoms with van der Waals surface area (Å²) < 4.78 is 37.8. The molecule has 0 amide bonds. The third-order valence-electron chi connectivity index (χ3n) is 16.0. The van der Waals surface area contributed by atoms with Crippen molar-refractivity contribution in [3.05, 3.63) is 262 Å². The average molecular weight is 1760 g/mol. The van der Waals surface area contributed by atoms with Crippen molar-refractivity contribution >= 4 is 134 Å². The molecular formula is C74H78Br4Cl2MgN12O13. The number of aromatic nitrogens is 12. The number of aryl methyl sites for hydroxylation is 3. The molecule has 1 aliphatic rings. The summed E-state index contributed by atoms with van der Waals surface area (Å²) in [7, 11) is 9.00. The topological polar surface area (TPSA) is 280 Å². The third-order valence-corrected chi connectivity index (χ3v) is 17.4. The molecule has 1 saturated heterocycles. The van der Waals surface area contributed by atoms with Gasteiger partial charge < -0.3 is 53.1 Å². The molecule has 1 unspecified atom stereocenters. The molecule has 106 heavy (non-hydrogen) atoms. The number of imidazole rings is 3. The number of halogens is 6. The largest absolute Gasteiger partial charge is 2.00 e. The summed E-state index contributed by atoms with van der Waals surface area (Å²) in [5.74, 6) is 1.34. The fraction of sp³-hybridized carbons (Fsp3) is 0.284. The van der Waals surface area contributed by atoms with Crippen molar-refractivity contribution in [1.29, 1.82) is 0 Å². The van der Waals surface area contributed by atoms with E-state index in [4.69, 9.17) is 42.1 Å². The first-order valence-electron chi connectivity index (χ1n) is 32.7. The Morgan fingerprint density at radius 3 is 1.18 bits per heavy atom. The van der Waals surface area contributed by atoms with Gasteiger partial charge in [0.2, 0.25) is 0 Å². The Bertz CT molecular complexity index is 5390. The summed E-state index contributed by atoms with van der Waals surface area (Å²) in [5.41, 5.74) is 3.38. The normalized spacial score (nSPS) is 11.6. The number of hydrogen-bond acceptors (Lipinski definition) is 16. The van der Waals surface area contributed by atoms with Crippen molar-refractivity contribution in [2.75, 3.05) is 18.6 Å². The zero-order chi connectivity index (χ0) is 75.5. The van der Waals surface area contributed by atoms with Gasteiger partial charge in [0.1, 0.15) is 23.5 Å². The van der Waals surface area contributed by atoms with Crippen molar-refractivity contribution in [3.63, 3.8) is 0 Å². The standard InChI is InChI=1S/C24H25BrN4O4.C21H19BrN4O4.C21H17BrN4O4.C4H8O.C3H7.CH2Cl2.BrH.Mg/c1-4-7-19(30)16-9-6-11-18(13-16)33-23-26-21-20(22(31)28(3)24(32)27(21)2)29(23)14-15-8-5-10-17(25)12-15;2*1-24-18-17(19(28)25(2)21(24)29)26(11-13-5-3-7-15(22)9-13)20(23-18)30-16-8-4-6-14(10-16)12-27;1-2-4-5-3-1;1-3-2;2-1-3;;/h5-6,8-13,19,30H,4,7,14H2,1-3H3;3-10,27H,11-12H2,1-2H3;3-10,12H,11H2,1-2H3;1-4H2;1,3H2,2H3;1H2;1H;/q;;;;-1;;;+2/p-1. The van der Waals surface area contributed by atoms with E-state index in [-0.39, 0.29) is 104 Å². The molecule has 12 aromatic rings. The van der Waals surface area contributed by atoms with Crippen LogP contribution in [0.25, 0.3) is 33.5 Å². The van der Waals surface area contributed by atoms with Crippen LogP contribution in [0.5, 0.6) is 35.3 Å². The fourth-order valence-electron chi connectivity index (χ4n) is 10.8. The number of benzene rings is 6. The molecule has 25 nitrogen and oxygen atoms in total. The predicted octanol–water partition coefficient (Wildman–Crippen LogP) is 9.32. The minimum absolute atomic E-state index is 0. The van der Waals surface area contributed by atoms with Gasteiger partial charge in [0.05, 0.1) is 37.7 Å². The van der Waals surface area contributed by atoms with Gasteiger partial charge >= 0.3 is 58.2 Å². The Morgan fingerprint density at radius 2 is 0.849 bits per heavy atom. The molecule has 13 rings (SSSR count). The molecule has 556 valence electrons. The van der Waals surface area contributed by atoms with Gasteiger partial charge in [-0.3, -0.25) is 60.3 Å². The van der Waals surface area contributed by atoms with Crippen molar-refractivity contribution in [1.82, 2.24) is 56.1 Å². The van der Waals surface area contributed by atoms with E-state index < -0.39 is 39.9 Å². The number of fused-ring (bicyclic) bond motifs is 3. The second-order valence-electron chi connectivity index (χ2n) is 23.6. The Balaban J connectivity index is 0.000000230. The van der Waals surface area contributed by atoms with Crippen molar-refractivity contribution in [2.45, 2.75) is 78.3 Å². The maximum atomic E-state index is 13.1. The number of carbonyl (C=O) groups is 1. The summed E-state index contributed by atoms with van der Waals surface area (Å²) >= 11 is 19.9. The van der Waals surface area contributed by atoms with Gasteiger partial charge in [0, 0.05) is 74.5 Å². The van der Waals surface area contributed by atoms with Gasteiger partial charge in [-0.15, -0.1) is 23.2 Å². The summed E-state index contributed by atoms with van der Waals surface area (Å²) in [5, 5.41) is 20.0. The molecule has 1 aliphatic heterocycles. The van der Waals surface area contributed by atoms with E-state index in [0.717, 1.165) is 81.7 Å². The maximum Gasteiger partial charge on any atom is 2.00 e. The Kier molecular flexibility index (Phi) is 33.9. The molecule has 0 saturated carbocycles. The number of carbonyl (C=O) groups excluding carboxylic acids is 1. The molecule has 2 N–H and O–H groups in total.